The van der Waals surface area contributed by atoms with Gasteiger partial charge in [0, 0.05) is 18.3 Å². The molecule has 3 aromatic rings. The van der Waals surface area contributed by atoms with E-state index in [-0.39, 0.29) is 5.78 Å². The fourth-order valence-electron chi connectivity index (χ4n) is 3.07. The van der Waals surface area contributed by atoms with Gasteiger partial charge >= 0.3 is 0 Å². The number of hydrogen-bond donors (Lipinski definition) is 0. The first-order valence-electron chi connectivity index (χ1n) is 9.05. The number of halogens is 1. The monoisotopic (exact) mass is 442 g/mol. The summed E-state index contributed by atoms with van der Waals surface area (Å²) in [5.74, 6) is 0.718. The van der Waals surface area contributed by atoms with Gasteiger partial charge in [-0.3, -0.25) is 14.2 Å². The highest BCUT2D eigenvalue weighted by Gasteiger charge is 2.12. The van der Waals surface area contributed by atoms with Crippen LogP contribution < -0.4 is 4.74 Å². The molecule has 6 nitrogen and oxygen atoms in total. The third-order valence-corrected chi connectivity index (χ3v) is 5.76. The number of allylic oxidation sites excluding steroid dienone is 1. The van der Waals surface area contributed by atoms with Crippen LogP contribution in [0.5, 0.6) is 5.75 Å². The average Bonchev–Trinajstić information content (AvgIpc) is 3.27. The fraction of sp³-hybridized carbons (Fsp3) is 0.286. The molecule has 7 heteroatoms. The Kier molecular flexibility index (Phi) is 6.14. The van der Waals surface area contributed by atoms with Crippen molar-refractivity contribution in [3.05, 3.63) is 69.2 Å². The SMILES string of the molecule is CCn1nccc1C(=O)/C=C/c1ccc(OC)c(Cn2nc(C)c(Br)c2C)c1. The first-order valence-corrected chi connectivity index (χ1v) is 9.84. The molecule has 2 heterocycles. The molecular weight excluding hydrogens is 420 g/mol. The van der Waals surface area contributed by atoms with Gasteiger partial charge in [0.05, 0.1) is 29.5 Å². The van der Waals surface area contributed by atoms with Gasteiger partial charge in [0.25, 0.3) is 0 Å². The molecule has 0 aliphatic heterocycles. The van der Waals surface area contributed by atoms with Gasteiger partial charge in [-0.05, 0) is 66.5 Å². The number of methoxy groups -OCH3 is 1. The number of rotatable bonds is 7. The lowest BCUT2D eigenvalue weighted by Gasteiger charge is -2.11. The lowest BCUT2D eigenvalue weighted by Crippen LogP contribution is -2.07. The predicted octanol–water partition coefficient (Wildman–Crippen LogP) is 4.43. The average molecular weight is 443 g/mol. The minimum Gasteiger partial charge on any atom is -0.496 e. The molecule has 0 spiro atoms. The summed E-state index contributed by atoms with van der Waals surface area (Å²) >= 11 is 3.56. The Hall–Kier alpha value is -2.67. The van der Waals surface area contributed by atoms with Crippen LogP contribution in [-0.4, -0.2) is 32.5 Å². The molecule has 0 saturated heterocycles. The molecule has 2 aromatic heterocycles. The van der Waals surface area contributed by atoms with Gasteiger partial charge in [-0.2, -0.15) is 10.2 Å². The van der Waals surface area contributed by atoms with Crippen LogP contribution in [0.15, 0.2) is 41.0 Å². The second-order valence-electron chi connectivity index (χ2n) is 6.44. The van der Waals surface area contributed by atoms with Gasteiger partial charge in [0.2, 0.25) is 5.78 Å². The number of benzene rings is 1. The normalized spacial score (nSPS) is 11.3. The lowest BCUT2D eigenvalue weighted by atomic mass is 10.1. The van der Waals surface area contributed by atoms with Gasteiger partial charge in [0.15, 0.2) is 0 Å². The van der Waals surface area contributed by atoms with Gasteiger partial charge < -0.3 is 4.74 Å². The number of aryl methyl sites for hydroxylation is 2. The minimum atomic E-state index is -0.0702. The standard InChI is InChI=1S/C21H23BrN4O2/c1-5-25-18(10-11-23-25)19(27)8-6-16-7-9-20(28-4)17(12-16)13-26-15(3)21(22)14(2)24-26/h6-12H,5,13H2,1-4H3/b8-6+. The number of nitrogens with zero attached hydrogens (tertiary/aromatic N) is 4. The summed E-state index contributed by atoms with van der Waals surface area (Å²) in [6.07, 6.45) is 5.03. The van der Waals surface area contributed by atoms with Crippen LogP contribution >= 0.6 is 15.9 Å². The number of carbonyl (C=O) groups excluding carboxylic acids is 1. The zero-order valence-electron chi connectivity index (χ0n) is 16.4. The van der Waals surface area contributed by atoms with Crippen molar-refractivity contribution in [3.63, 3.8) is 0 Å². The van der Waals surface area contributed by atoms with Crippen LogP contribution in [0, 0.1) is 13.8 Å². The highest BCUT2D eigenvalue weighted by atomic mass is 79.9. The smallest absolute Gasteiger partial charge is 0.203 e. The molecule has 0 fully saturated rings. The third-order valence-electron chi connectivity index (χ3n) is 4.61. The summed E-state index contributed by atoms with van der Waals surface area (Å²) in [7, 11) is 1.65. The van der Waals surface area contributed by atoms with Gasteiger partial charge in [0.1, 0.15) is 11.4 Å². The van der Waals surface area contributed by atoms with Crippen molar-refractivity contribution < 1.29 is 9.53 Å². The number of ether oxygens (including phenoxy) is 1. The highest BCUT2D eigenvalue weighted by molar-refractivity contribution is 9.10. The van der Waals surface area contributed by atoms with Crippen molar-refractivity contribution in [1.82, 2.24) is 19.6 Å². The van der Waals surface area contributed by atoms with E-state index in [0.717, 1.165) is 32.7 Å². The summed E-state index contributed by atoms with van der Waals surface area (Å²) in [4.78, 5) is 12.5. The molecule has 0 saturated carbocycles. The summed E-state index contributed by atoms with van der Waals surface area (Å²) < 4.78 is 10.2. The molecule has 3 rings (SSSR count). The first kappa shape index (κ1) is 20.1. The number of aromatic nitrogens is 4. The van der Waals surface area contributed by atoms with E-state index in [4.69, 9.17) is 4.74 Å². The zero-order valence-corrected chi connectivity index (χ0v) is 18.0. The summed E-state index contributed by atoms with van der Waals surface area (Å²) in [6.45, 7) is 7.19. The number of hydrogen-bond acceptors (Lipinski definition) is 4. The quantitative estimate of drug-likeness (QED) is 0.400. The van der Waals surface area contributed by atoms with Crippen LogP contribution in [-0.2, 0) is 13.1 Å². The number of ketones is 1. The fourth-order valence-corrected chi connectivity index (χ4v) is 3.35. The van der Waals surface area contributed by atoms with Crippen molar-refractivity contribution in [2.45, 2.75) is 33.9 Å². The van der Waals surface area contributed by atoms with Crippen LogP contribution in [0.2, 0.25) is 0 Å². The molecule has 1 aromatic carbocycles. The van der Waals surface area contributed by atoms with E-state index in [1.165, 1.54) is 0 Å². The lowest BCUT2D eigenvalue weighted by molar-refractivity contribution is 0.103. The van der Waals surface area contributed by atoms with E-state index < -0.39 is 0 Å². The summed E-state index contributed by atoms with van der Waals surface area (Å²) in [5.41, 5.74) is 4.51. The Morgan fingerprint density at radius 1 is 1.25 bits per heavy atom. The Labute approximate surface area is 172 Å². The van der Waals surface area contributed by atoms with Gasteiger partial charge in [-0.15, -0.1) is 0 Å². The molecule has 0 unspecified atom stereocenters. The molecule has 0 bridgehead atoms. The molecular formula is C21H23BrN4O2. The van der Waals surface area contributed by atoms with Crippen LogP contribution in [0.1, 0.15) is 39.9 Å². The number of carbonyl (C=O) groups is 1. The first-order chi connectivity index (χ1) is 13.4. The predicted molar refractivity (Wildman–Crippen MR) is 113 cm³/mol. The van der Waals surface area contributed by atoms with Crippen molar-refractivity contribution in [2.24, 2.45) is 0 Å². The van der Waals surface area contributed by atoms with Crippen molar-refractivity contribution in [3.8, 4) is 5.75 Å². The Bertz CT molecular complexity index is 1030. The Morgan fingerprint density at radius 3 is 2.68 bits per heavy atom. The molecule has 28 heavy (non-hydrogen) atoms. The molecule has 0 atom stereocenters. The molecule has 0 radical (unpaired) electrons. The Balaban J connectivity index is 1.86. The largest absolute Gasteiger partial charge is 0.496 e. The van der Waals surface area contributed by atoms with Gasteiger partial charge in [-0.1, -0.05) is 12.1 Å². The van der Waals surface area contributed by atoms with E-state index in [1.54, 1.807) is 30.1 Å². The van der Waals surface area contributed by atoms with Crippen molar-refractivity contribution in [1.29, 1.82) is 0 Å². The van der Waals surface area contributed by atoms with Crippen LogP contribution in [0.3, 0.4) is 0 Å². The summed E-state index contributed by atoms with van der Waals surface area (Å²) in [6, 6.07) is 7.59. The maximum absolute atomic E-state index is 12.5. The minimum absolute atomic E-state index is 0.0702. The maximum atomic E-state index is 12.5. The molecule has 146 valence electrons. The van der Waals surface area contributed by atoms with Gasteiger partial charge in [-0.25, -0.2) is 0 Å². The van der Waals surface area contributed by atoms with E-state index in [1.807, 2.05) is 49.7 Å². The van der Waals surface area contributed by atoms with E-state index >= 15 is 0 Å². The molecule has 0 N–H and O–H groups in total. The second-order valence-corrected chi connectivity index (χ2v) is 7.24. The van der Waals surface area contributed by atoms with E-state index in [9.17, 15) is 4.79 Å². The third kappa shape index (κ3) is 4.09. The summed E-state index contributed by atoms with van der Waals surface area (Å²) in [5, 5.41) is 8.71. The highest BCUT2D eigenvalue weighted by Crippen LogP contribution is 2.25. The van der Waals surface area contributed by atoms with E-state index in [0.29, 0.717) is 18.8 Å². The maximum Gasteiger partial charge on any atom is 0.203 e. The van der Waals surface area contributed by atoms with Crippen LogP contribution in [0.4, 0.5) is 0 Å². The van der Waals surface area contributed by atoms with Crippen LogP contribution in [0.25, 0.3) is 6.08 Å². The topological polar surface area (TPSA) is 61.9 Å². The van der Waals surface area contributed by atoms with Crippen molar-refractivity contribution >= 4 is 27.8 Å². The molecule has 0 amide bonds. The zero-order chi connectivity index (χ0) is 20.3. The molecule has 0 aliphatic rings. The second kappa shape index (κ2) is 8.56. The van der Waals surface area contributed by atoms with E-state index in [2.05, 4.69) is 26.1 Å². The van der Waals surface area contributed by atoms with Crippen molar-refractivity contribution in [2.75, 3.05) is 7.11 Å². The molecule has 0 aliphatic carbocycles. The Morgan fingerprint density at radius 2 is 2.04 bits per heavy atom.